The van der Waals surface area contributed by atoms with Crippen molar-refractivity contribution in [1.29, 1.82) is 0 Å². The Morgan fingerprint density at radius 3 is 2.45 bits per heavy atom. The van der Waals surface area contributed by atoms with E-state index < -0.39 is 0 Å². The molecule has 44 heavy (non-hydrogen) atoms. The van der Waals surface area contributed by atoms with Crippen LogP contribution in [0.3, 0.4) is 0 Å². The number of rotatable bonds is 7. The molecule has 1 N–H and O–H groups in total. The molecule has 0 fully saturated rings. The van der Waals surface area contributed by atoms with Gasteiger partial charge in [0.05, 0.1) is 16.8 Å². The number of aromatic nitrogens is 5. The number of nitrogens with zero attached hydrogens (tertiary/aromatic N) is 4. The zero-order valence-electron chi connectivity index (χ0n) is 25.0. The highest BCUT2D eigenvalue weighted by Crippen LogP contribution is 2.36. The number of benzene rings is 4. The Bertz CT molecular complexity index is 2220. The van der Waals surface area contributed by atoms with E-state index in [-0.39, 0.29) is 5.56 Å². The molecule has 0 spiro atoms. The van der Waals surface area contributed by atoms with Crippen LogP contribution < -0.4 is 5.56 Å². The monoisotopic (exact) mass is 613 g/mol. The predicted octanol–water partition coefficient (Wildman–Crippen LogP) is 8.50. The molecule has 0 aliphatic rings. The molecule has 6 nitrogen and oxygen atoms in total. The van der Waals surface area contributed by atoms with Crippen molar-refractivity contribution in [2.45, 2.75) is 45.0 Å². The van der Waals surface area contributed by atoms with Crippen molar-refractivity contribution in [2.75, 3.05) is 0 Å². The number of H-pyrrole nitrogens is 1. The molecule has 0 aliphatic heterocycles. The summed E-state index contributed by atoms with van der Waals surface area (Å²) in [4.78, 5) is 23.2. The number of aryl methyl sites for hydroxylation is 4. The zero-order valence-corrected chi connectivity index (χ0v) is 26.6. The summed E-state index contributed by atoms with van der Waals surface area (Å²) in [5, 5.41) is 13.2. The van der Waals surface area contributed by atoms with Gasteiger partial charge in [0, 0.05) is 16.9 Å². The third-order valence-corrected chi connectivity index (χ3v) is 9.93. The van der Waals surface area contributed by atoms with E-state index in [1.807, 2.05) is 0 Å². The van der Waals surface area contributed by atoms with Gasteiger partial charge in [-0.3, -0.25) is 9.36 Å². The predicted molar refractivity (Wildman–Crippen MR) is 182 cm³/mol. The van der Waals surface area contributed by atoms with Crippen LogP contribution in [-0.2, 0) is 12.2 Å². The maximum Gasteiger partial charge on any atom is 0.260 e. The summed E-state index contributed by atoms with van der Waals surface area (Å²) in [7, 11) is 0. The number of aromatic amines is 1. The Morgan fingerprint density at radius 2 is 1.64 bits per heavy atom. The van der Waals surface area contributed by atoms with Gasteiger partial charge >= 0.3 is 0 Å². The quantitative estimate of drug-likeness (QED) is 0.182. The lowest BCUT2D eigenvalue weighted by Crippen LogP contribution is -2.11. The minimum Gasteiger partial charge on any atom is -0.309 e. The van der Waals surface area contributed by atoms with Crippen LogP contribution in [0.2, 0.25) is 0 Å². The summed E-state index contributed by atoms with van der Waals surface area (Å²) >= 11 is 3.09. The van der Waals surface area contributed by atoms with Gasteiger partial charge in [-0.2, -0.15) is 0 Å². The fraction of sp³-hybridized carbons (Fsp3) is 0.167. The van der Waals surface area contributed by atoms with Crippen molar-refractivity contribution >= 4 is 44.1 Å². The van der Waals surface area contributed by atoms with Gasteiger partial charge in [0.2, 0.25) is 0 Å². The summed E-state index contributed by atoms with van der Waals surface area (Å²) in [6, 6.07) is 29.6. The molecule has 0 saturated heterocycles. The molecule has 0 radical (unpaired) electrons. The molecule has 0 amide bonds. The van der Waals surface area contributed by atoms with E-state index in [4.69, 9.17) is 10.1 Å². The van der Waals surface area contributed by atoms with Crippen LogP contribution in [0.25, 0.3) is 37.8 Å². The van der Waals surface area contributed by atoms with Crippen molar-refractivity contribution in [3.05, 3.63) is 134 Å². The van der Waals surface area contributed by atoms with Crippen molar-refractivity contribution in [2.24, 2.45) is 0 Å². The lowest BCUT2D eigenvalue weighted by molar-refractivity contribution is 0.841. The van der Waals surface area contributed by atoms with Crippen LogP contribution in [0, 0.1) is 27.7 Å². The molecule has 3 heterocycles. The molecule has 8 heteroatoms. The first kappa shape index (κ1) is 28.3. The van der Waals surface area contributed by atoms with Crippen LogP contribution in [-0.4, -0.2) is 24.7 Å². The van der Waals surface area contributed by atoms with Gasteiger partial charge in [0.25, 0.3) is 5.56 Å². The number of nitrogens with one attached hydrogen (secondary N) is 1. The van der Waals surface area contributed by atoms with Crippen molar-refractivity contribution < 1.29 is 0 Å². The Labute approximate surface area is 263 Å². The summed E-state index contributed by atoms with van der Waals surface area (Å²) < 4.78 is 2.16. The van der Waals surface area contributed by atoms with Crippen molar-refractivity contribution in [3.63, 3.8) is 0 Å². The molecule has 7 aromatic rings. The largest absolute Gasteiger partial charge is 0.309 e. The summed E-state index contributed by atoms with van der Waals surface area (Å²) in [5.74, 6) is 1.94. The van der Waals surface area contributed by atoms with Gasteiger partial charge in [-0.25, -0.2) is 4.98 Å². The molecule has 0 unspecified atom stereocenters. The molecule has 0 saturated carbocycles. The lowest BCUT2D eigenvalue weighted by Gasteiger charge is -2.14. The van der Waals surface area contributed by atoms with Crippen LogP contribution in [0.15, 0.2) is 94.9 Å². The van der Waals surface area contributed by atoms with Crippen LogP contribution in [0.4, 0.5) is 0 Å². The second kappa shape index (κ2) is 11.5. The minimum absolute atomic E-state index is 0.113. The molecule has 4 aromatic carbocycles. The third kappa shape index (κ3) is 5.25. The zero-order chi connectivity index (χ0) is 30.4. The first-order chi connectivity index (χ1) is 21.4. The van der Waals surface area contributed by atoms with E-state index in [1.54, 1.807) is 11.3 Å². The molecule has 0 atom stereocenters. The Balaban J connectivity index is 1.25. The highest BCUT2D eigenvalue weighted by molar-refractivity contribution is 7.98. The number of thioether (sulfide) groups is 1. The Morgan fingerprint density at radius 1 is 0.864 bits per heavy atom. The Kier molecular flexibility index (Phi) is 7.40. The van der Waals surface area contributed by atoms with Gasteiger partial charge in [-0.1, -0.05) is 102 Å². The first-order valence-corrected chi connectivity index (χ1v) is 16.4. The SMILES string of the molecule is Cc1ccc(-c2c(C)sc3nc(CSc4nnc(Cc5cccc6ccccc56)n4-c4ccc(C)cc4C)[nH]c(=O)c23)cc1. The fourth-order valence-corrected chi connectivity index (χ4v) is 7.75. The molecule has 0 aliphatic carbocycles. The normalized spacial score (nSPS) is 11.5. The van der Waals surface area contributed by atoms with Gasteiger partial charge < -0.3 is 4.98 Å². The topological polar surface area (TPSA) is 76.5 Å². The summed E-state index contributed by atoms with van der Waals surface area (Å²) in [6.45, 7) is 8.34. The van der Waals surface area contributed by atoms with E-state index in [0.29, 0.717) is 23.4 Å². The number of thiophene rings is 1. The van der Waals surface area contributed by atoms with E-state index in [2.05, 4.69) is 127 Å². The second-order valence-corrected chi connectivity index (χ2v) is 13.4. The number of hydrogen-bond donors (Lipinski definition) is 1. The van der Waals surface area contributed by atoms with Gasteiger partial charge in [-0.15, -0.1) is 21.5 Å². The second-order valence-electron chi connectivity index (χ2n) is 11.2. The number of hydrogen-bond acceptors (Lipinski definition) is 6. The van der Waals surface area contributed by atoms with Crippen molar-refractivity contribution in [1.82, 2.24) is 24.7 Å². The van der Waals surface area contributed by atoms with Crippen LogP contribution in [0.5, 0.6) is 0 Å². The fourth-order valence-electron chi connectivity index (χ4n) is 5.86. The van der Waals surface area contributed by atoms with E-state index in [9.17, 15) is 4.79 Å². The molecule has 7 rings (SSSR count). The summed E-state index contributed by atoms with van der Waals surface area (Å²) in [6.07, 6.45) is 0.638. The maximum atomic E-state index is 13.4. The smallest absolute Gasteiger partial charge is 0.260 e. The lowest BCUT2D eigenvalue weighted by atomic mass is 10.0. The molecular formula is C36H31N5OS2. The average Bonchev–Trinajstić information content (AvgIpc) is 3.56. The van der Waals surface area contributed by atoms with Gasteiger partial charge in [0.15, 0.2) is 5.16 Å². The van der Waals surface area contributed by atoms with E-state index in [1.165, 1.54) is 39.2 Å². The standard InChI is InChI=1S/C36H31N5OS2/c1-21-12-15-26(16-13-21)32-24(4)44-35-33(32)34(42)37-30(38-35)20-43-36-40-39-31(41(36)29-17-14-22(2)18-23(29)3)19-27-10-7-9-25-8-5-6-11-28(25)27/h5-18H,19-20H2,1-4H3,(H,37,38,42). The molecule has 218 valence electrons. The highest BCUT2D eigenvalue weighted by atomic mass is 32.2. The minimum atomic E-state index is -0.113. The summed E-state index contributed by atoms with van der Waals surface area (Å²) in [5.41, 5.74) is 7.68. The van der Waals surface area contributed by atoms with Crippen LogP contribution in [0.1, 0.15) is 38.8 Å². The van der Waals surface area contributed by atoms with Gasteiger partial charge in [0.1, 0.15) is 16.5 Å². The highest BCUT2D eigenvalue weighted by Gasteiger charge is 2.20. The van der Waals surface area contributed by atoms with Crippen LogP contribution >= 0.6 is 23.1 Å². The van der Waals surface area contributed by atoms with E-state index >= 15 is 0 Å². The van der Waals surface area contributed by atoms with E-state index in [0.717, 1.165) is 43.1 Å². The number of fused-ring (bicyclic) bond motifs is 2. The maximum absolute atomic E-state index is 13.4. The third-order valence-electron chi connectivity index (χ3n) is 7.99. The molecule has 3 aromatic heterocycles. The first-order valence-electron chi connectivity index (χ1n) is 14.6. The van der Waals surface area contributed by atoms with Gasteiger partial charge in [-0.05, 0) is 61.2 Å². The molecular weight excluding hydrogens is 583 g/mol. The molecule has 0 bridgehead atoms. The van der Waals surface area contributed by atoms with Crippen molar-refractivity contribution in [3.8, 4) is 16.8 Å². The average molecular weight is 614 g/mol. The Hall–Kier alpha value is -4.53.